The van der Waals surface area contributed by atoms with Crippen LogP contribution in [0.5, 0.6) is 0 Å². The first-order valence-corrected chi connectivity index (χ1v) is 7.15. The van der Waals surface area contributed by atoms with Gasteiger partial charge in [0.1, 0.15) is 11.3 Å². The summed E-state index contributed by atoms with van der Waals surface area (Å²) in [4.78, 5) is 4.35. The van der Waals surface area contributed by atoms with Crippen molar-refractivity contribution in [2.75, 3.05) is 6.54 Å². The lowest BCUT2D eigenvalue weighted by molar-refractivity contribution is 0.211. The topological polar surface area (TPSA) is 52.0 Å². The Hall–Kier alpha value is -1.42. The van der Waals surface area contributed by atoms with E-state index in [9.17, 15) is 4.39 Å². The Morgan fingerprint density at radius 1 is 1.30 bits per heavy atom. The average molecular weight is 278 g/mol. The minimum atomic E-state index is -0.284. The zero-order valence-corrected chi connectivity index (χ0v) is 12.4. The van der Waals surface area contributed by atoms with Gasteiger partial charge in [0.2, 0.25) is 0 Å². The van der Waals surface area contributed by atoms with Crippen LogP contribution in [0.1, 0.15) is 39.5 Å². The van der Waals surface area contributed by atoms with E-state index in [-0.39, 0.29) is 11.2 Å². The second-order valence-electron chi connectivity index (χ2n) is 6.40. The number of benzene rings is 1. The summed E-state index contributed by atoms with van der Waals surface area (Å²) < 4.78 is 18.8. The maximum absolute atomic E-state index is 13.1. The van der Waals surface area contributed by atoms with E-state index in [1.807, 2.05) is 0 Å². The lowest BCUT2D eigenvalue weighted by Crippen LogP contribution is -2.24. The normalized spacial score (nSPS) is 13.8. The van der Waals surface area contributed by atoms with Gasteiger partial charge in [0.05, 0.1) is 0 Å². The van der Waals surface area contributed by atoms with E-state index < -0.39 is 0 Å². The second kappa shape index (κ2) is 5.92. The number of hydrogen-bond donors (Lipinski definition) is 1. The van der Waals surface area contributed by atoms with E-state index in [0.29, 0.717) is 29.5 Å². The third kappa shape index (κ3) is 3.57. The number of nitrogens with zero attached hydrogens (tertiary/aromatic N) is 1. The van der Waals surface area contributed by atoms with Crippen LogP contribution in [0.3, 0.4) is 0 Å². The molecule has 0 radical (unpaired) electrons. The Balaban J connectivity index is 2.07. The largest absolute Gasteiger partial charge is 0.441 e. The zero-order chi connectivity index (χ0) is 14.8. The van der Waals surface area contributed by atoms with Crippen LogP contribution in [-0.2, 0) is 6.42 Å². The summed E-state index contributed by atoms with van der Waals surface area (Å²) in [6.45, 7) is 7.39. The minimum absolute atomic E-state index is 0.220. The van der Waals surface area contributed by atoms with E-state index in [0.717, 1.165) is 19.3 Å². The van der Waals surface area contributed by atoms with Crippen molar-refractivity contribution in [2.24, 2.45) is 17.1 Å². The maximum Gasteiger partial charge on any atom is 0.195 e. The summed E-state index contributed by atoms with van der Waals surface area (Å²) in [5.74, 6) is 0.921. The average Bonchev–Trinajstić information content (AvgIpc) is 2.74. The van der Waals surface area contributed by atoms with Crippen LogP contribution in [0, 0.1) is 17.2 Å². The molecule has 1 atom stereocenters. The molecule has 2 N–H and O–H groups in total. The molecule has 2 aromatic rings. The smallest absolute Gasteiger partial charge is 0.195 e. The number of aryl methyl sites for hydroxylation is 1. The van der Waals surface area contributed by atoms with Crippen molar-refractivity contribution in [3.05, 3.63) is 29.9 Å². The van der Waals surface area contributed by atoms with Gasteiger partial charge in [-0.15, -0.1) is 0 Å². The van der Waals surface area contributed by atoms with Gasteiger partial charge in [0.25, 0.3) is 0 Å². The van der Waals surface area contributed by atoms with Gasteiger partial charge < -0.3 is 10.2 Å². The van der Waals surface area contributed by atoms with Gasteiger partial charge in [-0.1, -0.05) is 20.8 Å². The first kappa shape index (κ1) is 15.0. The highest BCUT2D eigenvalue weighted by molar-refractivity contribution is 5.72. The van der Waals surface area contributed by atoms with Crippen LogP contribution in [0.25, 0.3) is 11.1 Å². The van der Waals surface area contributed by atoms with Crippen LogP contribution in [-0.4, -0.2) is 11.5 Å². The van der Waals surface area contributed by atoms with Gasteiger partial charge in [-0.2, -0.15) is 0 Å². The molecule has 4 heteroatoms. The molecule has 110 valence electrons. The van der Waals surface area contributed by atoms with Crippen LogP contribution >= 0.6 is 0 Å². The number of halogens is 1. The van der Waals surface area contributed by atoms with Crippen molar-refractivity contribution in [1.82, 2.24) is 4.98 Å². The number of nitrogens with two attached hydrogens (primary N) is 1. The monoisotopic (exact) mass is 278 g/mol. The first-order chi connectivity index (χ1) is 9.40. The summed E-state index contributed by atoms with van der Waals surface area (Å²) in [6.07, 6.45) is 2.74. The molecule has 20 heavy (non-hydrogen) atoms. The van der Waals surface area contributed by atoms with E-state index in [4.69, 9.17) is 10.2 Å². The van der Waals surface area contributed by atoms with Gasteiger partial charge in [0, 0.05) is 12.5 Å². The molecular formula is C16H23FN2O. The summed E-state index contributed by atoms with van der Waals surface area (Å²) in [7, 11) is 0. The Labute approximate surface area is 119 Å². The summed E-state index contributed by atoms with van der Waals surface area (Å²) in [6, 6.07) is 4.43. The molecule has 0 aliphatic carbocycles. The van der Waals surface area contributed by atoms with E-state index >= 15 is 0 Å². The van der Waals surface area contributed by atoms with Gasteiger partial charge in [0.15, 0.2) is 11.5 Å². The SMILES string of the molecule is CC(C)(C)C(CCN)CCc1nc2cc(F)ccc2o1. The van der Waals surface area contributed by atoms with E-state index in [1.165, 1.54) is 12.1 Å². The van der Waals surface area contributed by atoms with Crippen molar-refractivity contribution < 1.29 is 8.81 Å². The quantitative estimate of drug-likeness (QED) is 0.902. The fourth-order valence-electron chi connectivity index (χ4n) is 2.56. The lowest BCUT2D eigenvalue weighted by Gasteiger charge is -2.30. The van der Waals surface area contributed by atoms with Crippen molar-refractivity contribution in [3.8, 4) is 0 Å². The molecule has 0 bridgehead atoms. The fourth-order valence-corrected chi connectivity index (χ4v) is 2.56. The molecule has 0 aliphatic rings. The highest BCUT2D eigenvalue weighted by Gasteiger charge is 2.24. The highest BCUT2D eigenvalue weighted by atomic mass is 19.1. The third-order valence-electron chi connectivity index (χ3n) is 3.84. The molecule has 0 aliphatic heterocycles. The van der Waals surface area contributed by atoms with Crippen molar-refractivity contribution in [1.29, 1.82) is 0 Å². The van der Waals surface area contributed by atoms with Gasteiger partial charge >= 0.3 is 0 Å². The zero-order valence-electron chi connectivity index (χ0n) is 12.4. The number of hydrogen-bond acceptors (Lipinski definition) is 3. The molecule has 0 saturated carbocycles. The third-order valence-corrected chi connectivity index (χ3v) is 3.84. The van der Waals surface area contributed by atoms with E-state index in [2.05, 4.69) is 25.8 Å². The maximum atomic E-state index is 13.1. The first-order valence-electron chi connectivity index (χ1n) is 7.15. The number of aromatic nitrogens is 1. The van der Waals surface area contributed by atoms with Crippen LogP contribution in [0.2, 0.25) is 0 Å². The number of rotatable bonds is 5. The molecule has 0 spiro atoms. The Morgan fingerprint density at radius 2 is 2.05 bits per heavy atom. The number of oxazole rings is 1. The lowest BCUT2D eigenvalue weighted by atomic mass is 9.76. The van der Waals surface area contributed by atoms with Crippen LogP contribution in [0.15, 0.2) is 22.6 Å². The summed E-state index contributed by atoms with van der Waals surface area (Å²) >= 11 is 0. The molecule has 3 nitrogen and oxygen atoms in total. The molecule has 1 unspecified atom stereocenters. The standard InChI is InChI=1S/C16H23FN2O/c1-16(2,3)11(8-9-18)4-7-15-19-13-10-12(17)5-6-14(13)20-15/h5-6,10-11H,4,7-9,18H2,1-3H3. The number of fused-ring (bicyclic) bond motifs is 1. The molecule has 0 amide bonds. The highest BCUT2D eigenvalue weighted by Crippen LogP contribution is 2.32. The van der Waals surface area contributed by atoms with Crippen molar-refractivity contribution >= 4 is 11.1 Å². The predicted molar refractivity (Wildman–Crippen MR) is 78.9 cm³/mol. The van der Waals surface area contributed by atoms with Gasteiger partial charge in [-0.05, 0) is 42.9 Å². The van der Waals surface area contributed by atoms with Crippen LogP contribution < -0.4 is 5.73 Å². The van der Waals surface area contributed by atoms with E-state index in [1.54, 1.807) is 6.07 Å². The molecule has 2 rings (SSSR count). The fraction of sp³-hybridized carbons (Fsp3) is 0.562. The summed E-state index contributed by atoms with van der Waals surface area (Å²) in [5, 5.41) is 0. The van der Waals surface area contributed by atoms with Gasteiger partial charge in [-0.25, -0.2) is 9.37 Å². The van der Waals surface area contributed by atoms with Crippen LogP contribution in [0.4, 0.5) is 4.39 Å². The Kier molecular flexibility index (Phi) is 4.43. The molecule has 1 aromatic heterocycles. The molecule has 1 aromatic carbocycles. The summed E-state index contributed by atoms with van der Waals surface area (Å²) in [5.41, 5.74) is 7.15. The minimum Gasteiger partial charge on any atom is -0.441 e. The molecule has 1 heterocycles. The molecular weight excluding hydrogens is 255 g/mol. The Bertz CT molecular complexity index is 571. The second-order valence-corrected chi connectivity index (χ2v) is 6.40. The Morgan fingerprint density at radius 3 is 2.70 bits per heavy atom. The predicted octanol–water partition coefficient (Wildman–Crippen LogP) is 3.91. The van der Waals surface area contributed by atoms with Crippen molar-refractivity contribution in [3.63, 3.8) is 0 Å². The molecule has 0 fully saturated rings. The van der Waals surface area contributed by atoms with Crippen molar-refractivity contribution in [2.45, 2.75) is 40.0 Å². The molecule has 0 saturated heterocycles. The van der Waals surface area contributed by atoms with Gasteiger partial charge in [-0.3, -0.25) is 0 Å².